The molecule has 0 aliphatic rings. The fourth-order valence-corrected chi connectivity index (χ4v) is 3.57. The molecule has 0 aliphatic carbocycles. The summed E-state index contributed by atoms with van der Waals surface area (Å²) in [7, 11) is 0. The van der Waals surface area contributed by atoms with Gasteiger partial charge in [-0.2, -0.15) is 0 Å². The molecule has 1 amide bonds. The van der Waals surface area contributed by atoms with Gasteiger partial charge in [-0.05, 0) is 63.4 Å². The number of anilines is 1. The van der Waals surface area contributed by atoms with Crippen LogP contribution < -0.4 is 10.6 Å². The molecule has 0 radical (unpaired) electrons. The third-order valence-corrected chi connectivity index (χ3v) is 4.81. The van der Waals surface area contributed by atoms with Gasteiger partial charge in [0.1, 0.15) is 0 Å². The first-order chi connectivity index (χ1) is 11.7. The lowest BCUT2D eigenvalue weighted by Gasteiger charge is -2.22. The Kier molecular flexibility index (Phi) is 6.50. The first-order valence-corrected chi connectivity index (χ1v) is 9.04. The van der Waals surface area contributed by atoms with Crippen molar-refractivity contribution in [1.29, 1.82) is 0 Å². The lowest BCUT2D eigenvalue weighted by molar-refractivity contribution is -0.117. The Bertz CT molecular complexity index is 766. The van der Waals surface area contributed by atoms with Crippen LogP contribution in [0.25, 0.3) is 0 Å². The molecule has 0 aromatic heterocycles. The summed E-state index contributed by atoms with van der Waals surface area (Å²) >= 11 is 12.2. The summed E-state index contributed by atoms with van der Waals surface area (Å²) in [4.78, 5) is 12.6. The molecular weight excluding hydrogens is 355 g/mol. The number of rotatable bonds is 5. The quantitative estimate of drug-likeness (QED) is 0.710. The van der Waals surface area contributed by atoms with Crippen molar-refractivity contribution < 1.29 is 4.79 Å². The first kappa shape index (κ1) is 19.8. The second kappa shape index (κ2) is 8.22. The zero-order chi connectivity index (χ0) is 18.7. The van der Waals surface area contributed by atoms with E-state index in [2.05, 4.69) is 22.8 Å². The van der Waals surface area contributed by atoms with E-state index >= 15 is 0 Å². The molecule has 2 aromatic rings. The minimum absolute atomic E-state index is 0.0769. The van der Waals surface area contributed by atoms with Crippen LogP contribution in [-0.4, -0.2) is 11.9 Å². The molecule has 0 spiro atoms. The summed E-state index contributed by atoms with van der Waals surface area (Å²) < 4.78 is 0. The summed E-state index contributed by atoms with van der Waals surface area (Å²) in [5.74, 6) is -0.0769. The van der Waals surface area contributed by atoms with Gasteiger partial charge in [-0.3, -0.25) is 10.1 Å². The van der Waals surface area contributed by atoms with Gasteiger partial charge in [0.25, 0.3) is 0 Å². The van der Waals surface area contributed by atoms with Crippen LogP contribution >= 0.6 is 23.2 Å². The highest BCUT2D eigenvalue weighted by Gasteiger charge is 2.19. The predicted molar refractivity (Wildman–Crippen MR) is 107 cm³/mol. The van der Waals surface area contributed by atoms with Crippen LogP contribution in [-0.2, 0) is 4.79 Å². The second-order valence-electron chi connectivity index (χ2n) is 6.54. The lowest BCUT2D eigenvalue weighted by atomic mass is 10.0. The molecule has 2 atom stereocenters. The molecule has 0 bridgehead atoms. The van der Waals surface area contributed by atoms with Gasteiger partial charge in [0.2, 0.25) is 5.91 Å². The molecule has 0 saturated heterocycles. The Morgan fingerprint density at radius 2 is 1.60 bits per heavy atom. The Balaban J connectivity index is 2.08. The molecule has 25 heavy (non-hydrogen) atoms. The van der Waals surface area contributed by atoms with Gasteiger partial charge in [-0.1, -0.05) is 47.0 Å². The third kappa shape index (κ3) is 4.97. The topological polar surface area (TPSA) is 41.1 Å². The van der Waals surface area contributed by atoms with Crippen LogP contribution in [0.3, 0.4) is 0 Å². The van der Waals surface area contributed by atoms with Crippen molar-refractivity contribution in [3.63, 3.8) is 0 Å². The Morgan fingerprint density at radius 1 is 1.00 bits per heavy atom. The van der Waals surface area contributed by atoms with Gasteiger partial charge < -0.3 is 5.32 Å². The van der Waals surface area contributed by atoms with Crippen molar-refractivity contribution in [1.82, 2.24) is 5.32 Å². The van der Waals surface area contributed by atoms with Gasteiger partial charge >= 0.3 is 0 Å². The number of halogens is 2. The minimum atomic E-state index is -0.373. The van der Waals surface area contributed by atoms with Crippen LogP contribution in [0, 0.1) is 20.8 Å². The molecule has 0 heterocycles. The molecule has 134 valence electrons. The number of amides is 1. The van der Waals surface area contributed by atoms with Crippen LogP contribution in [0.5, 0.6) is 0 Å². The number of carbonyl (C=O) groups excluding carboxylic acids is 1. The number of carbonyl (C=O) groups is 1. The van der Waals surface area contributed by atoms with Crippen molar-refractivity contribution in [2.45, 2.75) is 46.7 Å². The van der Waals surface area contributed by atoms with Gasteiger partial charge in [-0.15, -0.1) is 0 Å². The Morgan fingerprint density at radius 3 is 2.16 bits per heavy atom. The van der Waals surface area contributed by atoms with Crippen molar-refractivity contribution >= 4 is 34.8 Å². The zero-order valence-corrected chi connectivity index (χ0v) is 16.7. The first-order valence-electron chi connectivity index (χ1n) is 8.28. The molecule has 5 heteroatoms. The normalized spacial score (nSPS) is 13.4. The molecule has 2 N–H and O–H groups in total. The highest BCUT2D eigenvalue weighted by atomic mass is 35.5. The van der Waals surface area contributed by atoms with Crippen LogP contribution in [0.4, 0.5) is 5.69 Å². The average molecular weight is 379 g/mol. The number of hydrogen-bond acceptors (Lipinski definition) is 2. The molecule has 0 saturated carbocycles. The molecule has 0 fully saturated rings. The minimum Gasteiger partial charge on any atom is -0.324 e. The Hall–Kier alpha value is -1.55. The van der Waals surface area contributed by atoms with Crippen LogP contribution in [0.2, 0.25) is 10.0 Å². The summed E-state index contributed by atoms with van der Waals surface area (Å²) in [5, 5.41) is 7.50. The molecule has 0 unspecified atom stereocenters. The van der Waals surface area contributed by atoms with E-state index in [4.69, 9.17) is 23.2 Å². The van der Waals surface area contributed by atoms with E-state index in [1.165, 1.54) is 5.56 Å². The smallest absolute Gasteiger partial charge is 0.241 e. The highest BCUT2D eigenvalue weighted by molar-refractivity contribution is 6.35. The van der Waals surface area contributed by atoms with Crippen molar-refractivity contribution in [3.8, 4) is 0 Å². The molecule has 3 nitrogen and oxygen atoms in total. The maximum absolute atomic E-state index is 12.6. The number of benzene rings is 2. The van der Waals surface area contributed by atoms with Gasteiger partial charge in [0, 0.05) is 21.8 Å². The maximum atomic E-state index is 12.6. The fraction of sp³-hybridized carbons (Fsp3) is 0.350. The van der Waals surface area contributed by atoms with Crippen molar-refractivity contribution in [2.75, 3.05) is 5.32 Å². The molecular formula is C20H24Cl2N2O. The fourth-order valence-electron chi connectivity index (χ4n) is 3.00. The van der Waals surface area contributed by atoms with Gasteiger partial charge in [0.05, 0.1) is 6.04 Å². The molecule has 2 rings (SSSR count). The summed E-state index contributed by atoms with van der Waals surface area (Å²) in [6.45, 7) is 9.87. The van der Waals surface area contributed by atoms with E-state index < -0.39 is 0 Å². The van der Waals surface area contributed by atoms with Crippen LogP contribution in [0.15, 0.2) is 30.3 Å². The van der Waals surface area contributed by atoms with E-state index in [9.17, 15) is 4.79 Å². The SMILES string of the molecule is Cc1cc(C)c(NC(=O)[C@@H](C)N[C@H](C)c2ccc(Cl)cc2Cl)c(C)c1. The van der Waals surface area contributed by atoms with E-state index in [1.54, 1.807) is 12.1 Å². The van der Waals surface area contributed by atoms with E-state index in [-0.39, 0.29) is 18.0 Å². The zero-order valence-electron chi connectivity index (χ0n) is 15.2. The summed E-state index contributed by atoms with van der Waals surface area (Å²) in [6.07, 6.45) is 0. The number of nitrogens with one attached hydrogen (secondary N) is 2. The standard InChI is InChI=1S/C20H24Cl2N2O/c1-11-8-12(2)19(13(3)9-11)24-20(25)15(5)23-14(4)17-7-6-16(21)10-18(17)22/h6-10,14-15,23H,1-5H3,(H,24,25)/t14-,15-/m1/s1. The summed E-state index contributed by atoms with van der Waals surface area (Å²) in [5.41, 5.74) is 5.10. The lowest BCUT2D eigenvalue weighted by Crippen LogP contribution is -2.39. The second-order valence-corrected chi connectivity index (χ2v) is 7.38. The number of hydrogen-bond donors (Lipinski definition) is 2. The van der Waals surface area contributed by atoms with Gasteiger partial charge in [0.15, 0.2) is 0 Å². The third-order valence-electron chi connectivity index (χ3n) is 4.25. The molecule has 0 aliphatic heterocycles. The highest BCUT2D eigenvalue weighted by Crippen LogP contribution is 2.27. The predicted octanol–water partition coefficient (Wildman–Crippen LogP) is 5.60. The Labute approximate surface area is 159 Å². The van der Waals surface area contributed by atoms with Crippen molar-refractivity contribution in [2.24, 2.45) is 0 Å². The van der Waals surface area contributed by atoms with Crippen LogP contribution in [0.1, 0.15) is 42.1 Å². The molecule has 2 aromatic carbocycles. The number of aryl methyl sites for hydroxylation is 3. The monoisotopic (exact) mass is 378 g/mol. The van der Waals surface area contributed by atoms with E-state index in [1.807, 2.05) is 40.7 Å². The summed E-state index contributed by atoms with van der Waals surface area (Å²) in [6, 6.07) is 9.06. The van der Waals surface area contributed by atoms with E-state index in [0.717, 1.165) is 22.4 Å². The van der Waals surface area contributed by atoms with Crippen molar-refractivity contribution in [3.05, 3.63) is 62.6 Å². The maximum Gasteiger partial charge on any atom is 0.241 e. The van der Waals surface area contributed by atoms with Gasteiger partial charge in [-0.25, -0.2) is 0 Å². The average Bonchev–Trinajstić information content (AvgIpc) is 2.50. The van der Waals surface area contributed by atoms with E-state index in [0.29, 0.717) is 10.0 Å². The largest absolute Gasteiger partial charge is 0.324 e.